The Balaban J connectivity index is 1.50. The van der Waals surface area contributed by atoms with Crippen molar-refractivity contribution in [1.82, 2.24) is 14.9 Å². The van der Waals surface area contributed by atoms with Crippen LogP contribution in [0.2, 0.25) is 10.0 Å². The summed E-state index contributed by atoms with van der Waals surface area (Å²) in [5, 5.41) is 12.8. The molecule has 0 fully saturated rings. The number of rotatable bonds is 7. The van der Waals surface area contributed by atoms with E-state index < -0.39 is 5.91 Å². The third-order valence-electron chi connectivity index (χ3n) is 5.26. The van der Waals surface area contributed by atoms with Crippen LogP contribution < -0.4 is 10.1 Å². The second-order valence-electron chi connectivity index (χ2n) is 7.59. The van der Waals surface area contributed by atoms with Gasteiger partial charge in [-0.25, -0.2) is 0 Å². The predicted molar refractivity (Wildman–Crippen MR) is 127 cm³/mol. The van der Waals surface area contributed by atoms with Crippen LogP contribution in [0.3, 0.4) is 0 Å². The molecule has 2 aromatic carbocycles. The Kier molecular flexibility index (Phi) is 6.72. The first kappa shape index (κ1) is 22.9. The number of nitrogens with one attached hydrogen (secondary N) is 1. The monoisotopic (exact) mass is 484 g/mol. The maximum Gasteiger partial charge on any atom is 0.278 e. The molecule has 0 unspecified atom stereocenters. The molecule has 33 heavy (non-hydrogen) atoms. The smallest absolute Gasteiger partial charge is 0.278 e. The third-order valence-corrected chi connectivity index (χ3v) is 5.77. The molecule has 1 N–H and O–H groups in total. The molecule has 0 aliphatic heterocycles. The van der Waals surface area contributed by atoms with Crippen molar-refractivity contribution in [2.45, 2.75) is 33.9 Å². The molecule has 170 valence electrons. The van der Waals surface area contributed by atoms with Crippen molar-refractivity contribution in [3.8, 4) is 5.75 Å². The Bertz CT molecular complexity index is 1280. The molecule has 0 atom stereocenters. The summed E-state index contributed by atoms with van der Waals surface area (Å²) < 4.78 is 12.9. The number of halogens is 2. The number of nitrogens with zero attached hydrogens (tertiary/aromatic N) is 3. The fraction of sp³-hybridized carbons (Fsp3) is 0.208. The van der Waals surface area contributed by atoms with Crippen LogP contribution in [0.5, 0.6) is 5.75 Å². The molecule has 0 aliphatic rings. The SMILES string of the molecule is Cc1nn(Cc2ccc(Cl)cc2)c(C)c1NC(=O)c1noc(C)c1COc1ccc(Cl)cc1. The summed E-state index contributed by atoms with van der Waals surface area (Å²) in [4.78, 5) is 13.1. The van der Waals surface area contributed by atoms with E-state index in [9.17, 15) is 4.79 Å². The topological polar surface area (TPSA) is 82.2 Å². The molecule has 4 aromatic rings. The molecule has 0 spiro atoms. The summed E-state index contributed by atoms with van der Waals surface area (Å²) in [6.07, 6.45) is 0. The first-order valence-electron chi connectivity index (χ1n) is 10.2. The number of ether oxygens (including phenoxy) is 1. The van der Waals surface area contributed by atoms with Crippen molar-refractivity contribution in [1.29, 1.82) is 0 Å². The molecule has 0 radical (unpaired) electrons. The minimum Gasteiger partial charge on any atom is -0.489 e. The van der Waals surface area contributed by atoms with Crippen molar-refractivity contribution in [3.63, 3.8) is 0 Å². The molecule has 9 heteroatoms. The molecular formula is C24H22Cl2N4O3. The van der Waals surface area contributed by atoms with Crippen LogP contribution in [0.4, 0.5) is 5.69 Å². The van der Waals surface area contributed by atoms with Crippen molar-refractivity contribution >= 4 is 34.8 Å². The Morgan fingerprint density at radius 3 is 2.33 bits per heavy atom. The van der Waals surface area contributed by atoms with E-state index in [1.165, 1.54) is 0 Å². The van der Waals surface area contributed by atoms with Crippen molar-refractivity contribution in [3.05, 3.63) is 92.5 Å². The lowest BCUT2D eigenvalue weighted by atomic mass is 10.2. The number of aryl methyl sites for hydroxylation is 2. The quantitative estimate of drug-likeness (QED) is 0.348. The van der Waals surface area contributed by atoms with Crippen LogP contribution in [-0.4, -0.2) is 20.8 Å². The number of carbonyl (C=O) groups is 1. The zero-order valence-electron chi connectivity index (χ0n) is 18.4. The number of hydrogen-bond acceptors (Lipinski definition) is 5. The molecule has 2 aromatic heterocycles. The minimum absolute atomic E-state index is 0.132. The lowest BCUT2D eigenvalue weighted by molar-refractivity contribution is 0.101. The zero-order valence-corrected chi connectivity index (χ0v) is 19.9. The maximum absolute atomic E-state index is 13.1. The number of aromatic nitrogens is 3. The van der Waals surface area contributed by atoms with Crippen LogP contribution in [0, 0.1) is 20.8 Å². The van der Waals surface area contributed by atoms with Gasteiger partial charge in [-0.2, -0.15) is 5.10 Å². The van der Waals surface area contributed by atoms with Crippen molar-refractivity contribution in [2.24, 2.45) is 0 Å². The Morgan fingerprint density at radius 1 is 1.03 bits per heavy atom. The molecule has 1 amide bonds. The summed E-state index contributed by atoms with van der Waals surface area (Å²) in [6, 6.07) is 14.6. The molecular weight excluding hydrogens is 463 g/mol. The second kappa shape index (κ2) is 9.68. The van der Waals surface area contributed by atoms with Gasteiger partial charge in [-0.15, -0.1) is 0 Å². The van der Waals surface area contributed by atoms with Gasteiger partial charge in [0.25, 0.3) is 5.91 Å². The number of anilines is 1. The molecule has 7 nitrogen and oxygen atoms in total. The normalized spacial score (nSPS) is 10.9. The van der Waals surface area contributed by atoms with Crippen molar-refractivity contribution in [2.75, 3.05) is 5.32 Å². The first-order valence-corrected chi connectivity index (χ1v) is 11.0. The van der Waals surface area contributed by atoms with Gasteiger partial charge in [0.05, 0.1) is 29.2 Å². The van der Waals surface area contributed by atoms with E-state index in [2.05, 4.69) is 15.6 Å². The molecule has 0 bridgehead atoms. The standard InChI is InChI=1S/C24H22Cl2N4O3/c1-14-22(15(2)30(28-14)12-17-4-6-18(25)7-5-17)27-24(31)23-21(16(3)33-29-23)13-32-20-10-8-19(26)9-11-20/h4-11H,12-13H2,1-3H3,(H,27,31). The van der Waals surface area contributed by atoms with Crippen LogP contribution in [0.1, 0.15) is 38.8 Å². The van der Waals surface area contributed by atoms with E-state index in [4.69, 9.17) is 32.5 Å². The minimum atomic E-state index is -0.390. The summed E-state index contributed by atoms with van der Waals surface area (Å²) in [5.41, 5.74) is 3.97. The maximum atomic E-state index is 13.1. The van der Waals surface area contributed by atoms with Crippen LogP contribution in [-0.2, 0) is 13.2 Å². The van der Waals surface area contributed by atoms with Gasteiger partial charge in [0.2, 0.25) is 0 Å². The highest BCUT2D eigenvalue weighted by Gasteiger charge is 2.23. The fourth-order valence-corrected chi connectivity index (χ4v) is 3.65. The van der Waals surface area contributed by atoms with Gasteiger partial charge >= 0.3 is 0 Å². The zero-order chi connectivity index (χ0) is 23.5. The number of benzene rings is 2. The van der Waals surface area contributed by atoms with Gasteiger partial charge in [0.15, 0.2) is 5.69 Å². The van der Waals surface area contributed by atoms with Gasteiger partial charge < -0.3 is 14.6 Å². The highest BCUT2D eigenvalue weighted by Crippen LogP contribution is 2.24. The highest BCUT2D eigenvalue weighted by molar-refractivity contribution is 6.30. The lowest BCUT2D eigenvalue weighted by Gasteiger charge is -2.08. The Morgan fingerprint density at radius 2 is 1.67 bits per heavy atom. The summed E-state index contributed by atoms with van der Waals surface area (Å²) in [6.45, 7) is 6.19. The Labute approximate surface area is 201 Å². The number of hydrogen-bond donors (Lipinski definition) is 1. The number of carbonyl (C=O) groups excluding carboxylic acids is 1. The highest BCUT2D eigenvalue weighted by atomic mass is 35.5. The molecule has 4 rings (SSSR count). The fourth-order valence-electron chi connectivity index (χ4n) is 3.39. The van der Waals surface area contributed by atoms with Crippen LogP contribution in [0.15, 0.2) is 53.1 Å². The van der Waals surface area contributed by atoms with Crippen molar-refractivity contribution < 1.29 is 14.1 Å². The number of amides is 1. The predicted octanol–water partition coefficient (Wildman–Crippen LogP) is 5.98. The molecule has 0 aliphatic carbocycles. The summed E-state index contributed by atoms with van der Waals surface area (Å²) >= 11 is 11.9. The average Bonchev–Trinajstić information content (AvgIpc) is 3.29. The summed E-state index contributed by atoms with van der Waals surface area (Å²) in [5.74, 6) is 0.751. The van der Waals surface area contributed by atoms with Gasteiger partial charge in [-0.1, -0.05) is 40.5 Å². The Hall–Kier alpha value is -3.29. The van der Waals surface area contributed by atoms with E-state index in [-0.39, 0.29) is 12.3 Å². The largest absolute Gasteiger partial charge is 0.489 e. The van der Waals surface area contributed by atoms with Gasteiger partial charge in [-0.05, 0) is 62.7 Å². The molecule has 2 heterocycles. The van der Waals surface area contributed by atoms with Crippen LogP contribution >= 0.6 is 23.2 Å². The molecule has 0 saturated carbocycles. The third kappa shape index (κ3) is 5.21. The van der Waals surface area contributed by atoms with E-state index >= 15 is 0 Å². The molecule has 0 saturated heterocycles. The average molecular weight is 485 g/mol. The van der Waals surface area contributed by atoms with E-state index in [1.54, 1.807) is 31.2 Å². The lowest BCUT2D eigenvalue weighted by Crippen LogP contribution is -2.16. The summed E-state index contributed by atoms with van der Waals surface area (Å²) in [7, 11) is 0. The van der Waals surface area contributed by atoms with Crippen LogP contribution in [0.25, 0.3) is 0 Å². The van der Waals surface area contributed by atoms with E-state index in [0.717, 1.165) is 11.3 Å². The van der Waals surface area contributed by atoms with Gasteiger partial charge in [-0.3, -0.25) is 9.48 Å². The first-order chi connectivity index (χ1) is 15.8. The van der Waals surface area contributed by atoms with Gasteiger partial charge in [0, 0.05) is 10.0 Å². The van der Waals surface area contributed by atoms with E-state index in [1.807, 2.05) is 42.8 Å². The van der Waals surface area contributed by atoms with E-state index in [0.29, 0.717) is 45.0 Å². The van der Waals surface area contributed by atoms with Gasteiger partial charge in [0.1, 0.15) is 18.1 Å². The second-order valence-corrected chi connectivity index (χ2v) is 8.47.